The Kier molecular flexibility index (Phi) is 10.4. The van der Waals surface area contributed by atoms with Crippen LogP contribution in [-0.2, 0) is 35.9 Å². The SMILES string of the molecule is C#CCNC(=O)CCCCCN1\C(=C/C=C/C=C/C2=C(C)c3ccc(S(=O)(=O)O)cc3C2(C)C)C(C)(C)c2cc(S(=O)(=O)O)ccc21. The van der Waals surface area contributed by atoms with Gasteiger partial charge >= 0.3 is 0 Å². The van der Waals surface area contributed by atoms with Crippen molar-refractivity contribution >= 4 is 37.4 Å². The Hall–Kier alpha value is -3.95. The minimum Gasteiger partial charge on any atom is -0.345 e. The lowest BCUT2D eigenvalue weighted by molar-refractivity contribution is -0.120. The van der Waals surface area contributed by atoms with E-state index in [0.717, 1.165) is 52.1 Å². The summed E-state index contributed by atoms with van der Waals surface area (Å²) >= 11 is 0. The Bertz CT molecular complexity index is 1960. The molecule has 2 aromatic rings. The largest absolute Gasteiger partial charge is 0.345 e. The molecule has 1 amide bonds. The van der Waals surface area contributed by atoms with E-state index in [1.807, 2.05) is 65.0 Å². The van der Waals surface area contributed by atoms with Crippen LogP contribution in [0.4, 0.5) is 5.69 Å². The van der Waals surface area contributed by atoms with Crippen LogP contribution in [0.15, 0.2) is 87.8 Å². The second kappa shape index (κ2) is 13.6. The Labute approximate surface area is 278 Å². The van der Waals surface area contributed by atoms with E-state index in [4.69, 9.17) is 6.42 Å². The number of benzene rings is 2. The summed E-state index contributed by atoms with van der Waals surface area (Å²) in [5.41, 5.74) is 5.36. The molecule has 1 aliphatic heterocycles. The molecule has 0 fully saturated rings. The molecule has 1 heterocycles. The second-order valence-corrected chi connectivity index (χ2v) is 15.7. The topological polar surface area (TPSA) is 141 Å². The maximum absolute atomic E-state index is 11.9. The zero-order valence-electron chi connectivity index (χ0n) is 27.4. The van der Waals surface area contributed by atoms with Gasteiger partial charge in [-0.2, -0.15) is 16.8 Å². The van der Waals surface area contributed by atoms with E-state index >= 15 is 0 Å². The Balaban J connectivity index is 1.57. The van der Waals surface area contributed by atoms with Gasteiger partial charge in [0.25, 0.3) is 20.2 Å². The average molecular weight is 679 g/mol. The van der Waals surface area contributed by atoms with E-state index in [-0.39, 0.29) is 22.2 Å². The lowest BCUT2D eigenvalue weighted by Crippen LogP contribution is -2.27. The first-order chi connectivity index (χ1) is 21.9. The highest BCUT2D eigenvalue weighted by molar-refractivity contribution is 7.86. The number of anilines is 1. The van der Waals surface area contributed by atoms with Crippen LogP contribution in [0, 0.1) is 12.3 Å². The number of terminal acetylenes is 1. The first-order valence-electron chi connectivity index (χ1n) is 15.4. The summed E-state index contributed by atoms with van der Waals surface area (Å²) in [7, 11) is -8.71. The molecule has 47 heavy (non-hydrogen) atoms. The van der Waals surface area contributed by atoms with Gasteiger partial charge in [-0.1, -0.05) is 70.4 Å². The van der Waals surface area contributed by atoms with E-state index in [1.165, 1.54) is 24.3 Å². The van der Waals surface area contributed by atoms with Gasteiger partial charge in [0, 0.05) is 35.2 Å². The third-order valence-corrected chi connectivity index (χ3v) is 10.7. The predicted molar refractivity (Wildman–Crippen MR) is 185 cm³/mol. The van der Waals surface area contributed by atoms with Gasteiger partial charge in [-0.25, -0.2) is 0 Å². The average Bonchev–Trinajstić information content (AvgIpc) is 3.32. The van der Waals surface area contributed by atoms with Crippen LogP contribution in [0.5, 0.6) is 0 Å². The molecule has 0 bridgehead atoms. The summed E-state index contributed by atoms with van der Waals surface area (Å²) in [6.07, 6.45) is 17.7. The molecule has 0 aromatic heterocycles. The van der Waals surface area contributed by atoms with Gasteiger partial charge in [-0.15, -0.1) is 6.42 Å². The highest BCUT2D eigenvalue weighted by Gasteiger charge is 2.40. The van der Waals surface area contributed by atoms with Crippen molar-refractivity contribution in [3.8, 4) is 12.3 Å². The minimum absolute atomic E-state index is 0.0780. The predicted octanol–water partition coefficient (Wildman–Crippen LogP) is 6.35. The van der Waals surface area contributed by atoms with Crippen LogP contribution < -0.4 is 10.2 Å². The van der Waals surface area contributed by atoms with Crippen molar-refractivity contribution in [3.63, 3.8) is 0 Å². The van der Waals surface area contributed by atoms with Gasteiger partial charge in [0.2, 0.25) is 5.91 Å². The second-order valence-electron chi connectivity index (χ2n) is 12.9. The molecule has 0 saturated carbocycles. The molecule has 1 aliphatic carbocycles. The van der Waals surface area contributed by atoms with E-state index in [1.54, 1.807) is 12.1 Å². The number of allylic oxidation sites excluding steroid dienone is 8. The number of hydrogen-bond donors (Lipinski definition) is 3. The van der Waals surface area contributed by atoms with Crippen molar-refractivity contribution in [2.45, 2.75) is 80.9 Å². The summed E-state index contributed by atoms with van der Waals surface area (Å²) in [5.74, 6) is 2.31. The van der Waals surface area contributed by atoms with Gasteiger partial charge < -0.3 is 10.2 Å². The van der Waals surface area contributed by atoms with E-state index in [9.17, 15) is 30.7 Å². The molecular weight excluding hydrogens is 637 g/mol. The quantitative estimate of drug-likeness (QED) is 0.102. The fraction of sp³-hybridized carbons (Fsp3) is 0.361. The van der Waals surface area contributed by atoms with E-state index in [2.05, 4.69) is 16.1 Å². The summed E-state index contributed by atoms with van der Waals surface area (Å²) in [5, 5.41) is 2.67. The van der Waals surface area contributed by atoms with Crippen molar-refractivity contribution in [2.24, 2.45) is 0 Å². The smallest absolute Gasteiger partial charge is 0.294 e. The molecule has 2 aromatic carbocycles. The zero-order chi connectivity index (χ0) is 34.8. The summed E-state index contributed by atoms with van der Waals surface area (Å²) in [4.78, 5) is 13.8. The molecular formula is C36H42N2O7S2. The molecule has 0 spiro atoms. The summed E-state index contributed by atoms with van der Waals surface area (Å²) < 4.78 is 66.7. The fourth-order valence-electron chi connectivity index (χ4n) is 6.51. The molecule has 250 valence electrons. The van der Waals surface area contributed by atoms with E-state index in [0.29, 0.717) is 19.4 Å². The number of hydrogen-bond acceptors (Lipinski definition) is 6. The third-order valence-electron chi connectivity index (χ3n) is 9.02. The Morgan fingerprint density at radius 3 is 2.17 bits per heavy atom. The lowest BCUT2D eigenvalue weighted by atomic mass is 9.81. The highest BCUT2D eigenvalue weighted by Crippen LogP contribution is 2.49. The minimum atomic E-state index is -4.38. The maximum atomic E-state index is 11.9. The first kappa shape index (κ1) is 35.9. The van der Waals surface area contributed by atoms with Crippen LogP contribution in [0.1, 0.15) is 77.0 Å². The van der Waals surface area contributed by atoms with Gasteiger partial charge in [0.05, 0.1) is 16.3 Å². The fourth-order valence-corrected chi connectivity index (χ4v) is 7.52. The van der Waals surface area contributed by atoms with Crippen LogP contribution in [0.25, 0.3) is 5.57 Å². The number of fused-ring (bicyclic) bond motifs is 2. The number of nitrogens with zero attached hydrogens (tertiary/aromatic N) is 1. The van der Waals surface area contributed by atoms with Crippen LogP contribution in [-0.4, -0.2) is 44.9 Å². The van der Waals surface area contributed by atoms with Crippen LogP contribution >= 0.6 is 0 Å². The maximum Gasteiger partial charge on any atom is 0.294 e. The third kappa shape index (κ3) is 7.63. The molecule has 11 heteroatoms. The van der Waals surface area contributed by atoms with Crippen molar-refractivity contribution in [2.75, 3.05) is 18.0 Å². The number of amides is 1. The lowest BCUT2D eigenvalue weighted by Gasteiger charge is -2.27. The zero-order valence-corrected chi connectivity index (χ0v) is 29.0. The van der Waals surface area contributed by atoms with Gasteiger partial charge in [-0.3, -0.25) is 13.9 Å². The van der Waals surface area contributed by atoms with Crippen molar-refractivity contribution in [1.29, 1.82) is 0 Å². The monoisotopic (exact) mass is 678 g/mol. The molecule has 0 radical (unpaired) electrons. The summed E-state index contributed by atoms with van der Waals surface area (Å²) in [6.45, 7) is 10.9. The normalized spacial score (nSPS) is 17.8. The molecule has 3 N–H and O–H groups in total. The highest BCUT2D eigenvalue weighted by atomic mass is 32.2. The summed E-state index contributed by atoms with van der Waals surface area (Å²) in [6, 6.07) is 9.33. The van der Waals surface area contributed by atoms with Crippen molar-refractivity contribution in [1.82, 2.24) is 5.32 Å². The molecule has 0 saturated heterocycles. The van der Waals surface area contributed by atoms with Gasteiger partial charge in [0.15, 0.2) is 0 Å². The molecule has 9 nitrogen and oxygen atoms in total. The van der Waals surface area contributed by atoms with Crippen molar-refractivity contribution in [3.05, 3.63) is 94.7 Å². The first-order valence-corrected chi connectivity index (χ1v) is 18.3. The number of unbranched alkanes of at least 4 members (excludes halogenated alkanes) is 2. The van der Waals surface area contributed by atoms with E-state index < -0.39 is 31.1 Å². The Morgan fingerprint density at radius 1 is 0.894 bits per heavy atom. The van der Waals surface area contributed by atoms with Crippen LogP contribution in [0.3, 0.4) is 0 Å². The molecule has 0 unspecified atom stereocenters. The molecule has 0 atom stereocenters. The number of carbonyl (C=O) groups excluding carboxylic acids is 1. The Morgan fingerprint density at radius 2 is 1.53 bits per heavy atom. The van der Waals surface area contributed by atoms with Gasteiger partial charge in [-0.05, 0) is 84.0 Å². The number of nitrogens with one attached hydrogen (secondary N) is 1. The number of rotatable bonds is 12. The standard InChI is InChI=1S/C36H42N2O7S2/c1-7-21-37-34(39)16-12-9-13-22-38-32-20-18-27(47(43,44)45)24-31(32)36(5,6)33(38)15-11-8-10-14-29-25(2)28-19-17-26(46(40,41)42)23-30(28)35(29,3)4/h1,8,10-11,14-15,17-20,23-24H,9,12-13,16,21-22H2,2-6H3,(H,37,39)(H,40,41,42)(H,43,44,45)/b11-8+,14-10+,33-15-. The van der Waals surface area contributed by atoms with Gasteiger partial charge in [0.1, 0.15) is 0 Å². The molecule has 4 rings (SSSR count). The molecule has 2 aliphatic rings. The van der Waals surface area contributed by atoms with Crippen molar-refractivity contribution < 1.29 is 30.7 Å². The number of carbonyl (C=O) groups is 1. The van der Waals surface area contributed by atoms with Crippen LogP contribution in [0.2, 0.25) is 0 Å².